The Kier molecular flexibility index (Phi) is 1.60. The number of fused-ring (bicyclic) bond motifs is 1. The molecular weight excluding hydrogens is 170 g/mol. The lowest BCUT2D eigenvalue weighted by Gasteiger charge is -2.09. The molecule has 0 amide bonds. The van der Waals surface area contributed by atoms with E-state index in [1.165, 1.54) is 6.07 Å². The summed E-state index contributed by atoms with van der Waals surface area (Å²) in [5.41, 5.74) is 7.10. The van der Waals surface area contributed by atoms with Crippen molar-refractivity contribution in [2.45, 2.75) is 18.9 Å². The van der Waals surface area contributed by atoms with Crippen LogP contribution in [0.2, 0.25) is 0 Å². The fourth-order valence-electron chi connectivity index (χ4n) is 1.79. The summed E-state index contributed by atoms with van der Waals surface area (Å²) in [4.78, 5) is 0. The molecule has 70 valence electrons. The molecule has 13 heavy (non-hydrogen) atoms. The van der Waals surface area contributed by atoms with Crippen molar-refractivity contribution >= 4 is 0 Å². The first kappa shape index (κ1) is 8.19. The molecule has 2 rings (SSSR count). The van der Waals surface area contributed by atoms with Gasteiger partial charge in [0.2, 0.25) is 5.75 Å². The summed E-state index contributed by atoms with van der Waals surface area (Å²) < 4.78 is 0. The summed E-state index contributed by atoms with van der Waals surface area (Å²) in [6, 6.07) is 1.22. The van der Waals surface area contributed by atoms with Gasteiger partial charge < -0.3 is 21.1 Å². The average molecular weight is 181 g/mol. The normalized spacial score (nSPS) is 20.2. The molecule has 1 atom stereocenters. The van der Waals surface area contributed by atoms with E-state index in [4.69, 9.17) is 5.73 Å². The fourth-order valence-corrected chi connectivity index (χ4v) is 1.79. The highest BCUT2D eigenvalue weighted by Crippen LogP contribution is 2.45. The van der Waals surface area contributed by atoms with Gasteiger partial charge in [-0.15, -0.1) is 0 Å². The van der Waals surface area contributed by atoms with Crippen LogP contribution in [-0.2, 0) is 6.42 Å². The van der Waals surface area contributed by atoms with Crippen molar-refractivity contribution in [2.75, 3.05) is 0 Å². The third kappa shape index (κ3) is 1.02. The number of hydrogen-bond acceptors (Lipinski definition) is 4. The largest absolute Gasteiger partial charge is 0.504 e. The standard InChI is InChI=1S/C9H11NO3/c10-5-2-1-4-3-6(11)8(12)9(13)7(4)5/h3,5,11-13H,1-2,10H2. The van der Waals surface area contributed by atoms with Gasteiger partial charge in [0.15, 0.2) is 11.5 Å². The number of phenolic OH excluding ortho intramolecular Hbond substituents is 3. The zero-order chi connectivity index (χ0) is 9.59. The SMILES string of the molecule is NC1CCc2cc(O)c(O)c(O)c21. The Morgan fingerprint density at radius 1 is 1.23 bits per heavy atom. The second-order valence-corrected chi connectivity index (χ2v) is 3.31. The molecule has 0 bridgehead atoms. The molecule has 0 aliphatic heterocycles. The van der Waals surface area contributed by atoms with Crippen LogP contribution in [0.3, 0.4) is 0 Å². The van der Waals surface area contributed by atoms with E-state index in [-0.39, 0.29) is 17.5 Å². The fraction of sp³-hybridized carbons (Fsp3) is 0.333. The molecule has 1 aromatic rings. The molecule has 0 heterocycles. The van der Waals surface area contributed by atoms with Crippen LogP contribution in [0.4, 0.5) is 0 Å². The predicted octanol–water partition coefficient (Wildman–Crippen LogP) is 0.749. The molecule has 1 aliphatic rings. The lowest BCUT2D eigenvalue weighted by atomic mass is 10.1. The minimum atomic E-state index is -0.476. The van der Waals surface area contributed by atoms with E-state index >= 15 is 0 Å². The van der Waals surface area contributed by atoms with Gasteiger partial charge in [-0.3, -0.25) is 0 Å². The zero-order valence-electron chi connectivity index (χ0n) is 6.99. The zero-order valence-corrected chi connectivity index (χ0v) is 6.99. The first-order valence-corrected chi connectivity index (χ1v) is 4.13. The third-order valence-corrected chi connectivity index (χ3v) is 2.47. The molecular formula is C9H11NO3. The van der Waals surface area contributed by atoms with Gasteiger partial charge in [0.1, 0.15) is 0 Å². The van der Waals surface area contributed by atoms with Gasteiger partial charge in [-0.05, 0) is 24.5 Å². The van der Waals surface area contributed by atoms with Crippen molar-refractivity contribution in [1.82, 2.24) is 0 Å². The highest BCUT2D eigenvalue weighted by Gasteiger charge is 2.26. The van der Waals surface area contributed by atoms with Crippen molar-refractivity contribution in [1.29, 1.82) is 0 Å². The molecule has 5 N–H and O–H groups in total. The van der Waals surface area contributed by atoms with Crippen molar-refractivity contribution in [3.8, 4) is 17.2 Å². The van der Waals surface area contributed by atoms with E-state index < -0.39 is 5.75 Å². The van der Waals surface area contributed by atoms with Crippen molar-refractivity contribution in [2.24, 2.45) is 5.73 Å². The van der Waals surface area contributed by atoms with E-state index in [0.717, 1.165) is 18.4 Å². The molecule has 0 aromatic heterocycles. The van der Waals surface area contributed by atoms with E-state index in [1.807, 2.05) is 0 Å². The summed E-state index contributed by atoms with van der Waals surface area (Å²) >= 11 is 0. The number of hydrogen-bond donors (Lipinski definition) is 4. The van der Waals surface area contributed by atoms with Gasteiger partial charge in [0.05, 0.1) is 0 Å². The smallest absolute Gasteiger partial charge is 0.200 e. The number of rotatable bonds is 0. The first-order valence-electron chi connectivity index (χ1n) is 4.13. The first-order chi connectivity index (χ1) is 6.11. The van der Waals surface area contributed by atoms with Gasteiger partial charge in [-0.1, -0.05) is 0 Å². The Balaban J connectivity index is 2.68. The topological polar surface area (TPSA) is 86.7 Å². The van der Waals surface area contributed by atoms with Crippen molar-refractivity contribution < 1.29 is 15.3 Å². The van der Waals surface area contributed by atoms with Crippen LogP contribution in [0.25, 0.3) is 0 Å². The van der Waals surface area contributed by atoms with E-state index in [1.54, 1.807) is 0 Å². The van der Waals surface area contributed by atoms with E-state index in [2.05, 4.69) is 0 Å². The third-order valence-electron chi connectivity index (χ3n) is 2.47. The summed E-state index contributed by atoms with van der Waals surface area (Å²) in [6.07, 6.45) is 1.48. The van der Waals surface area contributed by atoms with Crippen LogP contribution in [0.5, 0.6) is 17.2 Å². The Morgan fingerprint density at radius 3 is 2.62 bits per heavy atom. The van der Waals surface area contributed by atoms with Gasteiger partial charge in [-0.25, -0.2) is 0 Å². The maximum Gasteiger partial charge on any atom is 0.200 e. The minimum Gasteiger partial charge on any atom is -0.504 e. The molecule has 1 unspecified atom stereocenters. The van der Waals surface area contributed by atoms with Crippen molar-refractivity contribution in [3.05, 3.63) is 17.2 Å². The van der Waals surface area contributed by atoms with Gasteiger partial charge in [-0.2, -0.15) is 0 Å². The van der Waals surface area contributed by atoms with Crippen molar-refractivity contribution in [3.63, 3.8) is 0 Å². The Labute approximate surface area is 75.2 Å². The second kappa shape index (κ2) is 2.53. The van der Waals surface area contributed by atoms with Gasteiger partial charge in [0, 0.05) is 11.6 Å². The lowest BCUT2D eigenvalue weighted by Crippen LogP contribution is -2.05. The molecule has 1 aromatic carbocycles. The highest BCUT2D eigenvalue weighted by molar-refractivity contribution is 5.59. The number of phenols is 3. The molecule has 0 saturated carbocycles. The molecule has 0 spiro atoms. The van der Waals surface area contributed by atoms with Gasteiger partial charge in [0.25, 0.3) is 0 Å². The Bertz CT molecular complexity index is 362. The number of benzene rings is 1. The van der Waals surface area contributed by atoms with E-state index in [9.17, 15) is 15.3 Å². The number of aromatic hydroxyl groups is 3. The number of nitrogens with two attached hydrogens (primary N) is 1. The van der Waals surface area contributed by atoms with Crippen LogP contribution < -0.4 is 5.73 Å². The maximum atomic E-state index is 9.48. The minimum absolute atomic E-state index is 0.235. The highest BCUT2D eigenvalue weighted by atomic mass is 16.3. The summed E-state index contributed by atoms with van der Waals surface area (Å²) in [6.45, 7) is 0. The molecule has 0 radical (unpaired) electrons. The van der Waals surface area contributed by atoms with Gasteiger partial charge >= 0.3 is 0 Å². The number of aryl methyl sites for hydroxylation is 1. The Hall–Kier alpha value is -1.42. The summed E-state index contributed by atoms with van der Waals surface area (Å²) in [7, 11) is 0. The predicted molar refractivity (Wildman–Crippen MR) is 46.7 cm³/mol. The van der Waals surface area contributed by atoms with Crippen LogP contribution in [-0.4, -0.2) is 15.3 Å². The second-order valence-electron chi connectivity index (χ2n) is 3.31. The summed E-state index contributed by atoms with van der Waals surface area (Å²) in [5.74, 6) is -1.04. The molecule has 4 heteroatoms. The molecule has 0 saturated heterocycles. The molecule has 0 fully saturated rings. The van der Waals surface area contributed by atoms with Crippen LogP contribution >= 0.6 is 0 Å². The van der Waals surface area contributed by atoms with Crippen LogP contribution in [0, 0.1) is 0 Å². The van der Waals surface area contributed by atoms with Crippen LogP contribution in [0.15, 0.2) is 6.07 Å². The molecule has 4 nitrogen and oxygen atoms in total. The van der Waals surface area contributed by atoms with E-state index in [0.29, 0.717) is 5.56 Å². The molecule has 1 aliphatic carbocycles. The Morgan fingerprint density at radius 2 is 1.92 bits per heavy atom. The quantitative estimate of drug-likeness (QED) is 0.445. The maximum absolute atomic E-state index is 9.48. The average Bonchev–Trinajstić information content (AvgIpc) is 2.43. The lowest BCUT2D eigenvalue weighted by molar-refractivity contribution is 0.364. The monoisotopic (exact) mass is 181 g/mol. The summed E-state index contributed by atoms with van der Waals surface area (Å²) in [5, 5.41) is 27.9. The van der Waals surface area contributed by atoms with Crippen LogP contribution in [0.1, 0.15) is 23.6 Å².